The highest BCUT2D eigenvalue weighted by molar-refractivity contribution is 5.10. The summed E-state index contributed by atoms with van der Waals surface area (Å²) < 4.78 is 36.3. The van der Waals surface area contributed by atoms with Gasteiger partial charge in [0.2, 0.25) is 0 Å². The molecular formula is C9H10F3NO. The summed E-state index contributed by atoms with van der Waals surface area (Å²) in [6.45, 7) is 1.29. The maximum atomic E-state index is 12.1. The van der Waals surface area contributed by atoms with E-state index in [1.807, 2.05) is 0 Å². The van der Waals surface area contributed by atoms with Gasteiger partial charge in [-0.1, -0.05) is 13.0 Å². The Morgan fingerprint density at radius 1 is 1.36 bits per heavy atom. The fourth-order valence-corrected chi connectivity index (χ4v) is 1.09. The predicted octanol–water partition coefficient (Wildman–Crippen LogP) is 2.11. The Morgan fingerprint density at radius 3 is 2.43 bits per heavy atom. The van der Waals surface area contributed by atoms with Crippen LogP contribution in [0.25, 0.3) is 0 Å². The summed E-state index contributed by atoms with van der Waals surface area (Å²) in [7, 11) is 0. The number of alkyl halides is 3. The van der Waals surface area contributed by atoms with Crippen molar-refractivity contribution in [3.05, 3.63) is 30.1 Å². The van der Waals surface area contributed by atoms with Crippen molar-refractivity contribution in [2.24, 2.45) is 0 Å². The molecule has 2 atom stereocenters. The topological polar surface area (TPSA) is 33.1 Å². The van der Waals surface area contributed by atoms with Gasteiger partial charge in [-0.05, 0) is 12.1 Å². The Labute approximate surface area is 79.4 Å². The average molecular weight is 205 g/mol. The quantitative estimate of drug-likeness (QED) is 0.802. The highest BCUT2D eigenvalue weighted by Crippen LogP contribution is 2.30. The molecule has 0 amide bonds. The van der Waals surface area contributed by atoms with E-state index in [0.29, 0.717) is 0 Å². The summed E-state index contributed by atoms with van der Waals surface area (Å²) in [5.41, 5.74) is 0.234. The van der Waals surface area contributed by atoms with E-state index in [1.54, 1.807) is 12.1 Å². The smallest absolute Gasteiger partial charge is 0.383 e. The minimum Gasteiger partial charge on any atom is -0.383 e. The number of halogens is 3. The lowest BCUT2D eigenvalue weighted by Gasteiger charge is -2.20. The molecule has 1 heterocycles. The molecule has 0 bridgehead atoms. The summed E-state index contributed by atoms with van der Waals surface area (Å²) >= 11 is 0. The lowest BCUT2D eigenvalue weighted by atomic mass is 10.00. The Bertz CT molecular complexity index is 286. The molecule has 1 N–H and O–H groups in total. The first kappa shape index (κ1) is 11.0. The average Bonchev–Trinajstić information content (AvgIpc) is 2.15. The predicted molar refractivity (Wildman–Crippen MR) is 44.7 cm³/mol. The van der Waals surface area contributed by atoms with Crippen LogP contribution in [0.15, 0.2) is 24.4 Å². The van der Waals surface area contributed by atoms with Gasteiger partial charge in [-0.25, -0.2) is 0 Å². The highest BCUT2D eigenvalue weighted by atomic mass is 19.4. The molecule has 0 radical (unpaired) electrons. The first-order chi connectivity index (χ1) is 6.43. The van der Waals surface area contributed by atoms with E-state index in [4.69, 9.17) is 5.11 Å². The first-order valence-corrected chi connectivity index (χ1v) is 4.08. The van der Waals surface area contributed by atoms with Gasteiger partial charge < -0.3 is 5.11 Å². The van der Waals surface area contributed by atoms with Crippen molar-refractivity contribution in [2.45, 2.75) is 25.1 Å². The fraction of sp³-hybridized carbons (Fsp3) is 0.444. The van der Waals surface area contributed by atoms with Crippen molar-refractivity contribution in [3.8, 4) is 0 Å². The highest BCUT2D eigenvalue weighted by Gasteiger charge is 2.42. The van der Waals surface area contributed by atoms with Crippen molar-refractivity contribution >= 4 is 0 Å². The van der Waals surface area contributed by atoms with E-state index in [1.165, 1.54) is 19.2 Å². The number of aromatic nitrogens is 1. The van der Waals surface area contributed by atoms with Gasteiger partial charge in [0, 0.05) is 17.8 Å². The molecule has 1 rings (SSSR count). The summed E-state index contributed by atoms with van der Waals surface area (Å²) in [5.74, 6) is -1.05. The monoisotopic (exact) mass is 205 g/mol. The third kappa shape index (κ3) is 2.45. The minimum absolute atomic E-state index is 0.234. The van der Waals surface area contributed by atoms with Gasteiger partial charge in [0.05, 0.1) is 0 Å². The molecule has 1 aromatic heterocycles. The number of rotatable bonds is 2. The van der Waals surface area contributed by atoms with Crippen molar-refractivity contribution in [1.82, 2.24) is 4.98 Å². The molecular weight excluding hydrogens is 195 g/mol. The molecule has 2 unspecified atom stereocenters. The van der Waals surface area contributed by atoms with E-state index >= 15 is 0 Å². The van der Waals surface area contributed by atoms with Gasteiger partial charge in [-0.3, -0.25) is 4.98 Å². The lowest BCUT2D eigenvalue weighted by molar-refractivity contribution is -0.209. The molecule has 0 aliphatic rings. The molecule has 0 aromatic carbocycles. The van der Waals surface area contributed by atoms with Gasteiger partial charge in [0.15, 0.2) is 6.10 Å². The lowest BCUT2D eigenvalue weighted by Crippen LogP contribution is -2.33. The maximum absolute atomic E-state index is 12.1. The van der Waals surface area contributed by atoms with E-state index in [2.05, 4.69) is 4.98 Å². The van der Waals surface area contributed by atoms with E-state index in [0.717, 1.165) is 0 Å². The van der Waals surface area contributed by atoms with Gasteiger partial charge in [-0.2, -0.15) is 13.2 Å². The number of aliphatic hydroxyl groups is 1. The van der Waals surface area contributed by atoms with Crippen LogP contribution in [-0.2, 0) is 0 Å². The van der Waals surface area contributed by atoms with Gasteiger partial charge >= 0.3 is 6.18 Å². The van der Waals surface area contributed by atoms with Crippen molar-refractivity contribution < 1.29 is 18.3 Å². The minimum atomic E-state index is -4.60. The summed E-state index contributed by atoms with van der Waals surface area (Å²) in [4.78, 5) is 3.75. The molecule has 5 heteroatoms. The number of aliphatic hydroxyl groups excluding tert-OH is 1. The van der Waals surface area contributed by atoms with Crippen LogP contribution >= 0.6 is 0 Å². The van der Waals surface area contributed by atoms with Crippen LogP contribution in [0.2, 0.25) is 0 Å². The standard InChI is InChI=1S/C9H10F3NO/c1-6(8(14)9(10,11)12)7-4-2-3-5-13-7/h2-6,8,14H,1H3. The second-order valence-corrected chi connectivity index (χ2v) is 3.03. The first-order valence-electron chi connectivity index (χ1n) is 4.08. The van der Waals surface area contributed by atoms with E-state index < -0.39 is 18.2 Å². The Kier molecular flexibility index (Phi) is 3.10. The molecule has 0 fully saturated rings. The van der Waals surface area contributed by atoms with Crippen molar-refractivity contribution in [1.29, 1.82) is 0 Å². The number of nitrogens with zero attached hydrogens (tertiary/aromatic N) is 1. The van der Waals surface area contributed by atoms with Crippen LogP contribution in [0.5, 0.6) is 0 Å². The van der Waals surface area contributed by atoms with Crippen molar-refractivity contribution in [3.63, 3.8) is 0 Å². The fourth-order valence-electron chi connectivity index (χ4n) is 1.09. The number of hydrogen-bond donors (Lipinski definition) is 1. The van der Waals surface area contributed by atoms with Crippen LogP contribution in [0.3, 0.4) is 0 Å². The Balaban J connectivity index is 2.81. The van der Waals surface area contributed by atoms with E-state index in [9.17, 15) is 13.2 Å². The molecule has 0 aliphatic heterocycles. The molecule has 0 saturated carbocycles. The molecule has 0 aliphatic carbocycles. The van der Waals surface area contributed by atoms with Gasteiger partial charge in [0.25, 0.3) is 0 Å². The Morgan fingerprint density at radius 2 is 2.00 bits per heavy atom. The third-order valence-electron chi connectivity index (χ3n) is 1.96. The van der Waals surface area contributed by atoms with Crippen LogP contribution in [0.4, 0.5) is 13.2 Å². The van der Waals surface area contributed by atoms with Crippen LogP contribution in [-0.4, -0.2) is 22.4 Å². The number of pyridine rings is 1. The molecule has 1 aromatic rings. The van der Waals surface area contributed by atoms with Crippen molar-refractivity contribution in [2.75, 3.05) is 0 Å². The zero-order valence-corrected chi connectivity index (χ0v) is 7.49. The summed E-state index contributed by atoms with van der Waals surface area (Å²) in [5, 5.41) is 8.94. The van der Waals surface area contributed by atoms with Gasteiger partial charge in [0.1, 0.15) is 0 Å². The zero-order valence-electron chi connectivity index (χ0n) is 7.49. The summed E-state index contributed by atoms with van der Waals surface area (Å²) in [6, 6.07) is 4.65. The second kappa shape index (κ2) is 3.96. The molecule has 14 heavy (non-hydrogen) atoms. The van der Waals surface area contributed by atoms with Gasteiger partial charge in [-0.15, -0.1) is 0 Å². The normalized spacial score (nSPS) is 16.4. The molecule has 2 nitrogen and oxygen atoms in total. The van der Waals surface area contributed by atoms with Crippen LogP contribution in [0, 0.1) is 0 Å². The second-order valence-electron chi connectivity index (χ2n) is 3.03. The third-order valence-corrected chi connectivity index (χ3v) is 1.96. The SMILES string of the molecule is CC(c1ccccn1)C(O)C(F)(F)F. The molecule has 0 saturated heterocycles. The number of hydrogen-bond acceptors (Lipinski definition) is 2. The Hall–Kier alpha value is -1.10. The molecule has 78 valence electrons. The van der Waals surface area contributed by atoms with Crippen LogP contribution in [0.1, 0.15) is 18.5 Å². The zero-order chi connectivity index (χ0) is 10.8. The van der Waals surface area contributed by atoms with E-state index in [-0.39, 0.29) is 5.69 Å². The largest absolute Gasteiger partial charge is 0.414 e. The maximum Gasteiger partial charge on any atom is 0.414 e. The molecule has 0 spiro atoms. The van der Waals surface area contributed by atoms with Crippen LogP contribution < -0.4 is 0 Å². The summed E-state index contributed by atoms with van der Waals surface area (Å²) in [6.07, 6.45) is -5.57.